The Balaban J connectivity index is 1.67. The van der Waals surface area contributed by atoms with Crippen molar-refractivity contribution in [2.75, 3.05) is 11.1 Å². The van der Waals surface area contributed by atoms with Crippen LogP contribution in [0.4, 0.5) is 16.2 Å². The molecular formula is C28H30N2O3SSi. The fourth-order valence-electron chi connectivity index (χ4n) is 4.48. The third-order valence-corrected chi connectivity index (χ3v) is 12.2. The number of hydrogen-bond acceptors (Lipinski definition) is 4. The van der Waals surface area contributed by atoms with Gasteiger partial charge in [-0.05, 0) is 45.2 Å². The Hall–Kier alpha value is -3.39. The zero-order valence-electron chi connectivity index (χ0n) is 20.1. The van der Waals surface area contributed by atoms with Gasteiger partial charge in [0.15, 0.2) is 0 Å². The fraction of sp³-hybridized carbons (Fsp3) is 0.179. The normalized spacial score (nSPS) is 11.9. The number of rotatable bonds is 7. The average Bonchev–Trinajstić information content (AvgIpc) is 3.30. The molecule has 3 aromatic carbocycles. The summed E-state index contributed by atoms with van der Waals surface area (Å²) >= 11 is 1.64. The molecule has 1 amide bonds. The number of nitrogen functional groups attached to an aromatic ring is 1. The van der Waals surface area contributed by atoms with Crippen LogP contribution in [0.3, 0.4) is 0 Å². The molecule has 7 heteroatoms. The molecular weight excluding hydrogens is 472 g/mol. The summed E-state index contributed by atoms with van der Waals surface area (Å²) in [5, 5.41) is 13.8. The highest BCUT2D eigenvalue weighted by Gasteiger charge is 2.50. The van der Waals surface area contributed by atoms with Crippen molar-refractivity contribution >= 4 is 47.5 Å². The van der Waals surface area contributed by atoms with Crippen LogP contribution in [0, 0.1) is 0 Å². The van der Waals surface area contributed by atoms with Crippen molar-refractivity contribution < 1.29 is 14.3 Å². The molecule has 0 spiro atoms. The minimum absolute atomic E-state index is 0.0931. The number of nitrogens with two attached hydrogens (primary N) is 1. The zero-order valence-corrected chi connectivity index (χ0v) is 21.9. The first kappa shape index (κ1) is 24.7. The van der Waals surface area contributed by atoms with Gasteiger partial charge in [0.2, 0.25) is 0 Å². The maximum Gasteiger partial charge on any atom is 0.409 e. The molecule has 0 atom stereocenters. The van der Waals surface area contributed by atoms with E-state index in [-0.39, 0.29) is 5.04 Å². The summed E-state index contributed by atoms with van der Waals surface area (Å²) in [5.74, 6) is 0. The number of nitrogens with one attached hydrogen (secondary N) is 1. The second-order valence-electron chi connectivity index (χ2n) is 9.45. The first-order valence-electron chi connectivity index (χ1n) is 11.4. The predicted molar refractivity (Wildman–Crippen MR) is 148 cm³/mol. The molecule has 0 fully saturated rings. The number of benzene rings is 3. The van der Waals surface area contributed by atoms with Crippen molar-refractivity contribution in [3.05, 3.63) is 95.9 Å². The molecule has 0 unspecified atom stereocenters. The Morgan fingerprint density at radius 1 is 0.943 bits per heavy atom. The number of carbonyl (C=O) groups is 1. The molecule has 0 saturated heterocycles. The van der Waals surface area contributed by atoms with Gasteiger partial charge in [0.1, 0.15) is 0 Å². The highest BCUT2D eigenvalue weighted by Crippen LogP contribution is 2.38. The highest BCUT2D eigenvalue weighted by atomic mass is 32.1. The molecule has 4 rings (SSSR count). The first-order valence-corrected chi connectivity index (χ1v) is 14.2. The Morgan fingerprint density at radius 2 is 1.54 bits per heavy atom. The zero-order chi connectivity index (χ0) is 25.1. The summed E-state index contributed by atoms with van der Waals surface area (Å²) in [6.07, 6.45) is -1.14. The van der Waals surface area contributed by atoms with Crippen LogP contribution in [0.5, 0.6) is 0 Å². The molecule has 1 aromatic heterocycles. The lowest BCUT2D eigenvalue weighted by molar-refractivity contribution is 0.210. The van der Waals surface area contributed by atoms with E-state index in [1.165, 1.54) is 10.4 Å². The van der Waals surface area contributed by atoms with E-state index in [2.05, 4.69) is 80.7 Å². The lowest BCUT2D eigenvalue weighted by atomic mass is 10.1. The third kappa shape index (κ3) is 5.17. The van der Waals surface area contributed by atoms with Crippen LogP contribution in [-0.4, -0.2) is 19.5 Å². The minimum atomic E-state index is -2.62. The first-order chi connectivity index (χ1) is 16.7. The Bertz CT molecular complexity index is 1260. The number of amides is 1. The minimum Gasteiger partial charge on any atom is -0.465 e. The number of thiophene rings is 1. The van der Waals surface area contributed by atoms with E-state index in [9.17, 15) is 4.79 Å². The van der Waals surface area contributed by atoms with Crippen LogP contribution < -0.4 is 21.4 Å². The topological polar surface area (TPSA) is 84.6 Å². The van der Waals surface area contributed by atoms with Crippen molar-refractivity contribution in [3.63, 3.8) is 0 Å². The fourth-order valence-corrected chi connectivity index (χ4v) is 10.0. The lowest BCUT2D eigenvalue weighted by Gasteiger charge is -2.43. The maximum absolute atomic E-state index is 11.1. The van der Waals surface area contributed by atoms with Crippen LogP contribution >= 0.6 is 11.3 Å². The third-order valence-electron chi connectivity index (χ3n) is 6.09. The highest BCUT2D eigenvalue weighted by molar-refractivity contribution is 7.15. The smallest absolute Gasteiger partial charge is 0.409 e. The van der Waals surface area contributed by atoms with Crippen LogP contribution in [0.15, 0.2) is 91.0 Å². The van der Waals surface area contributed by atoms with Crippen molar-refractivity contribution in [1.82, 2.24) is 0 Å². The molecule has 4 aromatic rings. The van der Waals surface area contributed by atoms with Gasteiger partial charge < -0.3 is 15.3 Å². The Labute approximate surface area is 211 Å². The summed E-state index contributed by atoms with van der Waals surface area (Å²) in [5.41, 5.74) is 7.61. The molecule has 1 heterocycles. The van der Waals surface area contributed by atoms with Gasteiger partial charge in [-0.1, -0.05) is 87.5 Å². The van der Waals surface area contributed by atoms with E-state index in [4.69, 9.17) is 15.3 Å². The van der Waals surface area contributed by atoms with Crippen LogP contribution in [0.2, 0.25) is 5.04 Å². The van der Waals surface area contributed by atoms with E-state index >= 15 is 0 Å². The van der Waals surface area contributed by atoms with E-state index in [1.807, 2.05) is 24.3 Å². The molecule has 0 radical (unpaired) electrons. The van der Waals surface area contributed by atoms with E-state index in [1.54, 1.807) is 23.5 Å². The van der Waals surface area contributed by atoms with Gasteiger partial charge in [0.25, 0.3) is 8.32 Å². The predicted octanol–water partition coefficient (Wildman–Crippen LogP) is 6.16. The summed E-state index contributed by atoms with van der Waals surface area (Å²) in [6.45, 7) is 7.30. The largest absolute Gasteiger partial charge is 0.465 e. The average molecular weight is 503 g/mol. The summed E-state index contributed by atoms with van der Waals surface area (Å²) in [4.78, 5) is 13.2. The molecule has 0 aliphatic heterocycles. The van der Waals surface area contributed by atoms with E-state index in [0.29, 0.717) is 18.0 Å². The Morgan fingerprint density at radius 3 is 2.09 bits per heavy atom. The summed E-state index contributed by atoms with van der Waals surface area (Å²) in [7, 11) is -2.62. The van der Waals surface area contributed by atoms with Crippen LogP contribution in [-0.2, 0) is 11.0 Å². The molecule has 35 heavy (non-hydrogen) atoms. The Kier molecular flexibility index (Phi) is 7.12. The summed E-state index contributed by atoms with van der Waals surface area (Å²) in [6, 6.07) is 30.7. The number of hydrogen-bond donors (Lipinski definition) is 3. The van der Waals surface area contributed by atoms with Gasteiger partial charge in [-0.15, -0.1) is 11.3 Å². The van der Waals surface area contributed by atoms with Gasteiger partial charge in [0, 0.05) is 9.75 Å². The second-order valence-corrected chi connectivity index (χ2v) is 14.9. The second kappa shape index (κ2) is 10.1. The van der Waals surface area contributed by atoms with Gasteiger partial charge >= 0.3 is 6.09 Å². The maximum atomic E-state index is 11.1. The SMILES string of the molecule is CC(C)(C)[Si](OCc1ccc(-c2ccc(N)c(NC(=O)O)c2)s1)(c1ccccc1)c1ccccc1. The number of carboxylic acid groups (broad SMARTS) is 1. The van der Waals surface area contributed by atoms with Crippen molar-refractivity contribution in [2.45, 2.75) is 32.4 Å². The monoisotopic (exact) mass is 502 g/mol. The van der Waals surface area contributed by atoms with Crippen LogP contribution in [0.25, 0.3) is 10.4 Å². The summed E-state index contributed by atoms with van der Waals surface area (Å²) < 4.78 is 7.04. The van der Waals surface area contributed by atoms with Gasteiger partial charge in [-0.3, -0.25) is 5.32 Å². The molecule has 180 valence electrons. The standard InChI is InChI=1S/C28H30N2O3SSi/c1-28(2,3)35(22-10-6-4-7-11-22,23-12-8-5-9-13-23)33-19-21-15-17-26(34-21)20-14-16-24(29)25(18-20)30-27(31)32/h4-18,30H,19,29H2,1-3H3,(H,31,32). The van der Waals surface area contributed by atoms with E-state index < -0.39 is 14.4 Å². The molecule has 0 aliphatic rings. The van der Waals surface area contributed by atoms with Gasteiger partial charge in [0.05, 0.1) is 18.0 Å². The lowest BCUT2D eigenvalue weighted by Crippen LogP contribution is -2.66. The van der Waals surface area contributed by atoms with Crippen molar-refractivity contribution in [1.29, 1.82) is 0 Å². The molecule has 4 N–H and O–H groups in total. The van der Waals surface area contributed by atoms with Gasteiger partial charge in [-0.25, -0.2) is 4.79 Å². The van der Waals surface area contributed by atoms with Gasteiger partial charge in [-0.2, -0.15) is 0 Å². The van der Waals surface area contributed by atoms with Crippen molar-refractivity contribution in [3.8, 4) is 10.4 Å². The van der Waals surface area contributed by atoms with Crippen molar-refractivity contribution in [2.24, 2.45) is 0 Å². The molecule has 5 nitrogen and oxygen atoms in total. The number of anilines is 2. The molecule has 0 aliphatic carbocycles. The van der Waals surface area contributed by atoms with E-state index in [0.717, 1.165) is 15.3 Å². The molecule has 0 bridgehead atoms. The van der Waals surface area contributed by atoms with Crippen LogP contribution in [0.1, 0.15) is 25.6 Å². The quantitative estimate of drug-likeness (QED) is 0.209. The molecule has 0 saturated carbocycles.